The van der Waals surface area contributed by atoms with Gasteiger partial charge in [0.05, 0.1) is 33.8 Å². The molecule has 10 heteroatoms. The van der Waals surface area contributed by atoms with Crippen molar-refractivity contribution in [2.75, 3.05) is 40.9 Å². The Balaban J connectivity index is 5.28. The molecule has 0 fully saturated rings. The molecule has 0 aliphatic carbocycles. The second-order valence-electron chi connectivity index (χ2n) is 21.9. The summed E-state index contributed by atoms with van der Waals surface area (Å²) in [7, 11) is 1.20. The quantitative estimate of drug-likeness (QED) is 0.0212. The van der Waals surface area contributed by atoms with Gasteiger partial charge in [0.1, 0.15) is 19.3 Å². The third-order valence-electron chi connectivity index (χ3n) is 13.6. The van der Waals surface area contributed by atoms with Crippen LogP contribution < -0.4 is 10.2 Å². The Bertz CT molecular complexity index is 1250. The molecule has 0 radical (unpaired) electrons. The molecule has 3 atom stereocenters. The Labute approximate surface area is 434 Å². The number of hydrogen-bond donors (Lipinski definition) is 1. The molecule has 0 heterocycles. The lowest BCUT2D eigenvalue weighted by Crippen LogP contribution is -2.47. The van der Waals surface area contributed by atoms with E-state index in [1.807, 2.05) is 33.3 Å². The molecule has 0 aromatic heterocycles. The smallest absolute Gasteiger partial charge is 0.306 e. The fraction of sp³-hybridized carbons (Fsp3) is 0.900. The van der Waals surface area contributed by atoms with Gasteiger partial charge in [-0.05, 0) is 57.4 Å². The van der Waals surface area contributed by atoms with Gasteiger partial charge in [-0.1, -0.05) is 251 Å². The average molecular weight is 1010 g/mol. The summed E-state index contributed by atoms with van der Waals surface area (Å²) in [6, 6.07) is -0.883. The summed E-state index contributed by atoms with van der Waals surface area (Å²) >= 11 is 0. The number of nitrogens with zero attached hydrogens (tertiary/aromatic N) is 1. The minimum absolute atomic E-state index is 0.0195. The molecular formula is C60H117N2O7P. The monoisotopic (exact) mass is 1010 g/mol. The number of allylic oxidation sites excluding steroid dienone is 3. The van der Waals surface area contributed by atoms with Crippen molar-refractivity contribution in [1.29, 1.82) is 0 Å². The van der Waals surface area contributed by atoms with Crippen molar-refractivity contribution >= 4 is 19.7 Å². The lowest BCUT2D eigenvalue weighted by molar-refractivity contribution is -0.870. The van der Waals surface area contributed by atoms with Crippen molar-refractivity contribution in [3.8, 4) is 0 Å². The number of hydrogen-bond acceptors (Lipinski definition) is 7. The Morgan fingerprint density at radius 2 is 0.829 bits per heavy atom. The third-order valence-corrected chi connectivity index (χ3v) is 14.6. The van der Waals surface area contributed by atoms with Crippen molar-refractivity contribution in [2.24, 2.45) is 0 Å². The molecule has 0 spiro atoms. The van der Waals surface area contributed by atoms with E-state index in [0.717, 1.165) is 64.2 Å². The summed E-state index contributed by atoms with van der Waals surface area (Å²) in [6.45, 7) is 6.87. The van der Waals surface area contributed by atoms with E-state index in [9.17, 15) is 19.0 Å². The molecule has 9 nitrogen and oxygen atoms in total. The van der Waals surface area contributed by atoms with Crippen LogP contribution in [0.15, 0.2) is 24.3 Å². The van der Waals surface area contributed by atoms with Crippen LogP contribution in [-0.2, 0) is 27.9 Å². The van der Waals surface area contributed by atoms with Crippen LogP contribution in [0.4, 0.5) is 0 Å². The standard InChI is InChI=1S/C60H117N2O7P/c1-7-10-13-16-19-22-25-28-30-31-33-35-38-41-44-47-50-53-60(64)69-58(51-48-45-42-39-36-27-24-21-18-15-12-9-3)57(56-68-70(65,66)67-55-54-62(4,5)6)61-59(63)52-49-46-43-40-37-34-32-29-26-23-20-17-14-11-8-2/h28,30,48,51,57-58H,7-27,29,31-47,49-50,52-56H2,1-6H3,(H-,61,63,65,66)/b30-28+,51-48+. The van der Waals surface area contributed by atoms with Crippen molar-refractivity contribution in [3.63, 3.8) is 0 Å². The highest BCUT2D eigenvalue weighted by atomic mass is 31.2. The van der Waals surface area contributed by atoms with Crippen molar-refractivity contribution in [1.82, 2.24) is 5.32 Å². The zero-order chi connectivity index (χ0) is 51.5. The molecule has 0 saturated heterocycles. The van der Waals surface area contributed by atoms with Crippen molar-refractivity contribution in [2.45, 2.75) is 309 Å². The van der Waals surface area contributed by atoms with E-state index < -0.39 is 20.0 Å². The largest absolute Gasteiger partial charge is 0.756 e. The molecule has 0 aliphatic heterocycles. The Morgan fingerprint density at radius 3 is 1.21 bits per heavy atom. The van der Waals surface area contributed by atoms with Crippen molar-refractivity contribution in [3.05, 3.63) is 24.3 Å². The number of carbonyl (C=O) groups is 2. The Hall–Kier alpha value is -1.51. The number of likely N-dealkylation sites (N-methyl/N-ethyl adjacent to an activating group) is 1. The number of rotatable bonds is 55. The fourth-order valence-electron chi connectivity index (χ4n) is 8.93. The summed E-state index contributed by atoms with van der Waals surface area (Å²) in [5, 5.41) is 3.03. The molecule has 0 saturated carbocycles. The number of ether oxygens (including phenoxy) is 1. The number of phosphoric acid groups is 1. The minimum Gasteiger partial charge on any atom is -0.756 e. The first-order chi connectivity index (χ1) is 33.9. The maximum absolute atomic E-state index is 13.5. The number of unbranched alkanes of at least 4 members (excludes halogenated alkanes) is 37. The Morgan fingerprint density at radius 1 is 0.486 bits per heavy atom. The van der Waals surface area contributed by atoms with Gasteiger partial charge < -0.3 is 28.5 Å². The van der Waals surface area contributed by atoms with Gasteiger partial charge in [-0.2, -0.15) is 0 Å². The molecule has 1 amide bonds. The molecule has 3 unspecified atom stereocenters. The fourth-order valence-corrected chi connectivity index (χ4v) is 9.65. The van der Waals surface area contributed by atoms with E-state index in [1.165, 1.54) is 199 Å². The molecule has 0 rings (SSSR count). The second-order valence-corrected chi connectivity index (χ2v) is 23.3. The zero-order valence-electron chi connectivity index (χ0n) is 47.2. The Kier molecular flexibility index (Phi) is 49.9. The summed E-state index contributed by atoms with van der Waals surface area (Å²) in [6.07, 6.45) is 58.5. The van der Waals surface area contributed by atoms with E-state index in [1.54, 1.807) is 0 Å². The van der Waals surface area contributed by atoms with Crippen LogP contribution in [0.25, 0.3) is 0 Å². The predicted molar refractivity (Wildman–Crippen MR) is 298 cm³/mol. The number of nitrogens with one attached hydrogen (secondary N) is 1. The van der Waals surface area contributed by atoms with Gasteiger partial charge in [-0.25, -0.2) is 0 Å². The normalized spacial score (nSPS) is 13.9. The van der Waals surface area contributed by atoms with E-state index in [4.69, 9.17) is 13.8 Å². The lowest BCUT2D eigenvalue weighted by Gasteiger charge is -2.30. The van der Waals surface area contributed by atoms with E-state index in [2.05, 4.69) is 38.2 Å². The van der Waals surface area contributed by atoms with Gasteiger partial charge in [-0.3, -0.25) is 14.2 Å². The number of carbonyl (C=O) groups excluding carboxylic acids is 2. The van der Waals surface area contributed by atoms with Gasteiger partial charge in [0.15, 0.2) is 0 Å². The van der Waals surface area contributed by atoms with Crippen LogP contribution in [0.3, 0.4) is 0 Å². The maximum Gasteiger partial charge on any atom is 0.306 e. The lowest BCUT2D eigenvalue weighted by atomic mass is 10.0. The van der Waals surface area contributed by atoms with Crippen LogP contribution in [0.5, 0.6) is 0 Å². The molecule has 1 N–H and O–H groups in total. The van der Waals surface area contributed by atoms with E-state index in [-0.39, 0.29) is 31.5 Å². The van der Waals surface area contributed by atoms with Crippen LogP contribution in [0.1, 0.15) is 297 Å². The van der Waals surface area contributed by atoms with E-state index in [0.29, 0.717) is 17.4 Å². The highest BCUT2D eigenvalue weighted by Gasteiger charge is 2.27. The van der Waals surface area contributed by atoms with Crippen molar-refractivity contribution < 1.29 is 37.3 Å². The summed E-state index contributed by atoms with van der Waals surface area (Å²) in [4.78, 5) is 39.9. The number of quaternary nitrogens is 1. The second kappa shape index (κ2) is 51.0. The number of esters is 1. The molecule has 414 valence electrons. The zero-order valence-corrected chi connectivity index (χ0v) is 48.1. The predicted octanol–water partition coefficient (Wildman–Crippen LogP) is 17.5. The van der Waals surface area contributed by atoms with Crippen LogP contribution in [0, 0.1) is 0 Å². The average Bonchev–Trinajstić information content (AvgIpc) is 3.32. The molecule has 0 aromatic carbocycles. The molecule has 0 aromatic rings. The minimum atomic E-state index is -4.69. The topological polar surface area (TPSA) is 114 Å². The van der Waals surface area contributed by atoms with E-state index >= 15 is 0 Å². The first-order valence-corrected chi connectivity index (χ1v) is 31.6. The van der Waals surface area contributed by atoms with Crippen LogP contribution in [-0.4, -0.2) is 69.4 Å². The molecule has 0 bridgehead atoms. The van der Waals surface area contributed by atoms with Gasteiger partial charge in [0.2, 0.25) is 5.91 Å². The number of phosphoric ester groups is 1. The highest BCUT2D eigenvalue weighted by Crippen LogP contribution is 2.38. The van der Waals surface area contributed by atoms with Gasteiger partial charge >= 0.3 is 5.97 Å². The first kappa shape index (κ1) is 68.5. The van der Waals surface area contributed by atoms with Crippen LogP contribution in [0.2, 0.25) is 0 Å². The van der Waals surface area contributed by atoms with Gasteiger partial charge in [-0.15, -0.1) is 0 Å². The van der Waals surface area contributed by atoms with Gasteiger partial charge in [0.25, 0.3) is 7.82 Å². The molecular weight excluding hydrogens is 892 g/mol. The van der Waals surface area contributed by atoms with Gasteiger partial charge in [0, 0.05) is 12.8 Å². The first-order valence-electron chi connectivity index (χ1n) is 30.1. The maximum atomic E-state index is 13.5. The summed E-state index contributed by atoms with van der Waals surface area (Å²) in [5.74, 6) is -0.532. The third kappa shape index (κ3) is 51.4. The number of amides is 1. The molecule has 70 heavy (non-hydrogen) atoms. The summed E-state index contributed by atoms with van der Waals surface area (Å²) < 4.78 is 30.3. The molecule has 0 aliphatic rings. The van der Waals surface area contributed by atoms with Crippen LogP contribution >= 0.6 is 7.82 Å². The highest BCUT2D eigenvalue weighted by molar-refractivity contribution is 7.45. The summed E-state index contributed by atoms with van der Waals surface area (Å²) in [5.41, 5.74) is 0. The SMILES string of the molecule is CCCCCCCC/C=C/CCCCCCCCCC(=O)OC(/C=C/CCCCCCCCCCCC)C(COP(=O)([O-])OCC[N+](C)(C)C)NC(=O)CCCCCCCCCCCCCCCCC.